The number of amides is 2. The summed E-state index contributed by atoms with van der Waals surface area (Å²) in [4.78, 5) is 53.7. The van der Waals surface area contributed by atoms with Crippen LogP contribution in [0.15, 0.2) is 59.5 Å². The quantitative estimate of drug-likeness (QED) is 0.279. The summed E-state index contributed by atoms with van der Waals surface area (Å²) >= 11 is 7.40. The Morgan fingerprint density at radius 2 is 1.78 bits per heavy atom. The summed E-state index contributed by atoms with van der Waals surface area (Å²) in [7, 11) is 0. The smallest absolute Gasteiger partial charge is 0.280 e. The van der Waals surface area contributed by atoms with Crippen LogP contribution in [0.25, 0.3) is 11.3 Å². The van der Waals surface area contributed by atoms with Gasteiger partial charge in [0.15, 0.2) is 0 Å². The van der Waals surface area contributed by atoms with Gasteiger partial charge in [0.1, 0.15) is 29.4 Å². The molecule has 4 N–H and O–H groups in total. The van der Waals surface area contributed by atoms with E-state index in [0.717, 1.165) is 9.56 Å². The predicted molar refractivity (Wildman–Crippen MR) is 152 cm³/mol. The van der Waals surface area contributed by atoms with Crippen molar-refractivity contribution in [3.63, 3.8) is 0 Å². The van der Waals surface area contributed by atoms with E-state index in [-0.39, 0.29) is 46.4 Å². The molecule has 1 fully saturated rings. The molecular weight excluding hydrogens is 572 g/mol. The maximum atomic E-state index is 13.5. The minimum atomic E-state index is -0.647. The van der Waals surface area contributed by atoms with E-state index in [1.54, 1.807) is 11.0 Å². The molecule has 14 heteroatoms. The van der Waals surface area contributed by atoms with Gasteiger partial charge < -0.3 is 30.4 Å². The first-order valence-corrected chi connectivity index (χ1v) is 13.7. The largest absolute Gasteiger partial charge is 0.507 e. The SMILES string of the molecule is NC(=O)c1ccc(C(=O)n2nc(-c3c(O)ccn(CC(=O)N4CCOCC4)c3=O)cc2NCc2ccc(Cl)s2)cc1. The lowest BCUT2D eigenvalue weighted by atomic mass is 10.1. The zero-order valence-corrected chi connectivity index (χ0v) is 23.2. The van der Waals surface area contributed by atoms with E-state index in [1.807, 2.05) is 6.07 Å². The van der Waals surface area contributed by atoms with E-state index in [4.69, 9.17) is 22.1 Å². The number of anilines is 1. The number of morpholine rings is 1. The highest BCUT2D eigenvalue weighted by atomic mass is 35.5. The average molecular weight is 597 g/mol. The predicted octanol–water partition coefficient (Wildman–Crippen LogP) is 2.39. The molecule has 0 radical (unpaired) electrons. The average Bonchev–Trinajstić information content (AvgIpc) is 3.59. The highest BCUT2D eigenvalue weighted by molar-refractivity contribution is 7.16. The van der Waals surface area contributed by atoms with Crippen LogP contribution in [-0.2, 0) is 22.6 Å². The third kappa shape index (κ3) is 6.16. The number of aromatic nitrogens is 3. The highest BCUT2D eigenvalue weighted by Gasteiger charge is 2.23. The van der Waals surface area contributed by atoms with Crippen molar-refractivity contribution in [2.45, 2.75) is 13.1 Å². The van der Waals surface area contributed by atoms with Crippen molar-refractivity contribution >= 4 is 46.5 Å². The molecule has 0 aliphatic carbocycles. The first kappa shape index (κ1) is 28.1. The Hall–Kier alpha value is -4.46. The van der Waals surface area contributed by atoms with Crippen LogP contribution in [0.2, 0.25) is 4.34 Å². The number of primary amides is 1. The van der Waals surface area contributed by atoms with Crippen molar-refractivity contribution in [3.05, 3.63) is 85.4 Å². The topological polar surface area (TPSA) is 162 Å². The van der Waals surface area contributed by atoms with Crippen LogP contribution in [-0.4, -0.2) is 68.4 Å². The molecule has 3 aromatic heterocycles. The monoisotopic (exact) mass is 596 g/mol. The van der Waals surface area contributed by atoms with Gasteiger partial charge >= 0.3 is 0 Å². The van der Waals surface area contributed by atoms with Gasteiger partial charge in [0, 0.05) is 41.4 Å². The Balaban J connectivity index is 1.50. The molecule has 5 rings (SSSR count). The van der Waals surface area contributed by atoms with Gasteiger partial charge in [0.2, 0.25) is 11.8 Å². The molecule has 1 aromatic carbocycles. The van der Waals surface area contributed by atoms with Crippen molar-refractivity contribution in [3.8, 4) is 17.0 Å². The molecular formula is C27H25ClN6O6S. The third-order valence-corrected chi connectivity index (χ3v) is 7.69. The molecule has 0 saturated carbocycles. The number of nitrogens with zero attached hydrogens (tertiary/aromatic N) is 4. The number of carbonyl (C=O) groups is 3. The number of benzene rings is 1. The fraction of sp³-hybridized carbons (Fsp3) is 0.222. The maximum absolute atomic E-state index is 13.5. The van der Waals surface area contributed by atoms with Crippen molar-refractivity contribution in [1.29, 1.82) is 0 Å². The van der Waals surface area contributed by atoms with Gasteiger partial charge in [0.25, 0.3) is 11.5 Å². The number of hydrogen-bond donors (Lipinski definition) is 3. The van der Waals surface area contributed by atoms with Crippen LogP contribution < -0.4 is 16.6 Å². The third-order valence-electron chi connectivity index (χ3n) is 6.46. The summed E-state index contributed by atoms with van der Waals surface area (Å²) in [6.45, 7) is 1.76. The molecule has 0 unspecified atom stereocenters. The molecule has 2 amide bonds. The number of nitrogens with one attached hydrogen (secondary N) is 1. The van der Waals surface area contributed by atoms with Gasteiger partial charge in [0.05, 0.1) is 24.1 Å². The summed E-state index contributed by atoms with van der Waals surface area (Å²) in [6, 6.07) is 12.1. The van der Waals surface area contributed by atoms with E-state index >= 15 is 0 Å². The Bertz CT molecular complexity index is 1670. The second-order valence-corrected chi connectivity index (χ2v) is 10.9. The number of nitrogens with two attached hydrogens (primary N) is 1. The molecule has 1 aliphatic rings. The summed E-state index contributed by atoms with van der Waals surface area (Å²) < 4.78 is 8.14. The van der Waals surface area contributed by atoms with Crippen LogP contribution in [0.4, 0.5) is 5.82 Å². The molecule has 12 nitrogen and oxygen atoms in total. The lowest BCUT2D eigenvalue weighted by Crippen LogP contribution is -2.43. The van der Waals surface area contributed by atoms with Gasteiger partial charge in [-0.1, -0.05) is 11.6 Å². The fourth-order valence-electron chi connectivity index (χ4n) is 4.30. The van der Waals surface area contributed by atoms with Crippen LogP contribution in [0, 0.1) is 0 Å². The zero-order chi connectivity index (χ0) is 29.1. The number of rotatable bonds is 8. The molecule has 4 heterocycles. The molecule has 0 bridgehead atoms. The number of halogens is 1. The molecule has 0 spiro atoms. The molecule has 4 aromatic rings. The Kier molecular flexibility index (Phi) is 8.19. The zero-order valence-electron chi connectivity index (χ0n) is 21.6. The summed E-state index contributed by atoms with van der Waals surface area (Å²) in [5.74, 6) is -1.57. The van der Waals surface area contributed by atoms with Gasteiger partial charge in [-0.2, -0.15) is 9.78 Å². The van der Waals surface area contributed by atoms with E-state index < -0.39 is 17.4 Å². The second kappa shape index (κ2) is 12.0. The minimum Gasteiger partial charge on any atom is -0.507 e. The summed E-state index contributed by atoms with van der Waals surface area (Å²) in [6.07, 6.45) is 1.33. The van der Waals surface area contributed by atoms with E-state index in [1.165, 1.54) is 58.5 Å². The summed E-state index contributed by atoms with van der Waals surface area (Å²) in [5, 5.41) is 18.2. The highest BCUT2D eigenvalue weighted by Crippen LogP contribution is 2.28. The lowest BCUT2D eigenvalue weighted by Gasteiger charge is -2.27. The first-order chi connectivity index (χ1) is 19.7. The lowest BCUT2D eigenvalue weighted by molar-refractivity contribution is -0.135. The molecule has 212 valence electrons. The number of ether oxygens (including phenoxy) is 1. The number of thiophene rings is 1. The van der Waals surface area contributed by atoms with Gasteiger partial charge in [-0.15, -0.1) is 11.3 Å². The van der Waals surface area contributed by atoms with E-state index in [9.17, 15) is 24.3 Å². The first-order valence-electron chi connectivity index (χ1n) is 12.5. The second-order valence-electron chi connectivity index (χ2n) is 9.13. The van der Waals surface area contributed by atoms with Crippen LogP contribution in [0.1, 0.15) is 25.6 Å². The normalized spacial score (nSPS) is 13.2. The van der Waals surface area contributed by atoms with Crippen LogP contribution in [0.3, 0.4) is 0 Å². The van der Waals surface area contributed by atoms with E-state index in [2.05, 4.69) is 10.4 Å². The van der Waals surface area contributed by atoms with Crippen molar-refractivity contribution < 1.29 is 24.2 Å². The number of pyridine rings is 1. The molecule has 1 aliphatic heterocycles. The molecule has 41 heavy (non-hydrogen) atoms. The van der Waals surface area contributed by atoms with Crippen molar-refractivity contribution in [2.75, 3.05) is 31.6 Å². The van der Waals surface area contributed by atoms with Crippen LogP contribution >= 0.6 is 22.9 Å². The van der Waals surface area contributed by atoms with Gasteiger partial charge in [-0.05, 0) is 42.5 Å². The summed E-state index contributed by atoms with van der Waals surface area (Å²) in [5.41, 5.74) is 4.96. The number of aromatic hydroxyl groups is 1. The standard InChI is InChI=1S/C27H25ClN6O6S/c28-21-6-5-18(41-21)14-30-22-13-19(31-34(22)26(38)17-3-1-16(2-4-17)25(29)37)24-20(35)7-8-33(27(24)39)15-23(36)32-9-11-40-12-10-32/h1-8,13,30,35H,9-12,14-15H2,(H2,29,37). The number of carbonyl (C=O) groups excluding carboxylic acids is 3. The minimum absolute atomic E-state index is 0.0227. The van der Waals surface area contributed by atoms with E-state index in [0.29, 0.717) is 37.2 Å². The fourth-order valence-corrected chi connectivity index (χ4v) is 5.32. The van der Waals surface area contributed by atoms with Crippen LogP contribution in [0.5, 0.6) is 5.75 Å². The van der Waals surface area contributed by atoms with Crippen molar-refractivity contribution in [2.24, 2.45) is 5.73 Å². The molecule has 0 atom stereocenters. The Morgan fingerprint density at radius 1 is 1.07 bits per heavy atom. The number of hydrogen-bond acceptors (Lipinski definition) is 9. The maximum Gasteiger partial charge on any atom is 0.280 e. The van der Waals surface area contributed by atoms with Crippen molar-refractivity contribution in [1.82, 2.24) is 19.2 Å². The molecule has 1 saturated heterocycles. The Labute approximate surface area is 242 Å². The van der Waals surface area contributed by atoms with Gasteiger partial charge in [-0.25, -0.2) is 0 Å². The Morgan fingerprint density at radius 3 is 2.44 bits per heavy atom. The van der Waals surface area contributed by atoms with Gasteiger partial charge in [-0.3, -0.25) is 19.2 Å².